The molecule has 1 fully saturated rings. The number of carbonyl (C=O) groups is 2. The topological polar surface area (TPSA) is 99.8 Å². The number of likely N-dealkylation sites (tertiary alicyclic amines) is 1. The minimum atomic E-state index is -0.558. The number of nitrogens with two attached hydrogens (primary N) is 1. The maximum Gasteiger partial charge on any atom is 0.227 e. The molecule has 1 heterocycles. The molecule has 0 aromatic heterocycles. The molecule has 1 rings (SSSR count). The molecule has 132 valence electrons. The van der Waals surface area contributed by atoms with E-state index in [2.05, 4.69) is 20.5 Å². The fraction of sp³-hybridized carbons (Fsp3) is 0.812. The Bertz CT molecular complexity index is 448. The summed E-state index contributed by atoms with van der Waals surface area (Å²) in [5, 5.41) is 5.96. The molecule has 2 amide bonds. The lowest BCUT2D eigenvalue weighted by Crippen LogP contribution is -2.48. The van der Waals surface area contributed by atoms with E-state index in [4.69, 9.17) is 5.73 Å². The molecule has 23 heavy (non-hydrogen) atoms. The van der Waals surface area contributed by atoms with Crippen molar-refractivity contribution in [1.82, 2.24) is 15.5 Å². The van der Waals surface area contributed by atoms with Crippen molar-refractivity contribution in [3.05, 3.63) is 0 Å². The van der Waals surface area contributed by atoms with E-state index in [0.29, 0.717) is 13.0 Å². The van der Waals surface area contributed by atoms with Crippen LogP contribution in [0.5, 0.6) is 0 Å². The Morgan fingerprint density at radius 1 is 1.39 bits per heavy atom. The molecule has 0 radical (unpaired) electrons. The van der Waals surface area contributed by atoms with Crippen LogP contribution in [-0.2, 0) is 9.59 Å². The number of amides is 2. The number of nitrogens with zero attached hydrogens (tertiary/aromatic N) is 2. The minimum Gasteiger partial charge on any atom is -0.370 e. The maximum absolute atomic E-state index is 11.9. The van der Waals surface area contributed by atoms with Crippen LogP contribution in [-0.4, -0.2) is 55.9 Å². The van der Waals surface area contributed by atoms with Gasteiger partial charge in [0.05, 0.1) is 12.0 Å². The van der Waals surface area contributed by atoms with E-state index in [0.717, 1.165) is 38.4 Å². The fourth-order valence-electron chi connectivity index (χ4n) is 2.82. The van der Waals surface area contributed by atoms with Crippen LogP contribution >= 0.6 is 0 Å². The zero-order valence-corrected chi connectivity index (χ0v) is 14.8. The molecule has 0 aromatic rings. The molecule has 0 saturated carbocycles. The van der Waals surface area contributed by atoms with Gasteiger partial charge in [0.25, 0.3) is 0 Å². The van der Waals surface area contributed by atoms with Gasteiger partial charge in [-0.1, -0.05) is 0 Å². The van der Waals surface area contributed by atoms with Gasteiger partial charge in [0, 0.05) is 33.1 Å². The predicted molar refractivity (Wildman–Crippen MR) is 91.9 cm³/mol. The molecular formula is C16H31N5O2. The molecule has 0 spiro atoms. The lowest BCUT2D eigenvalue weighted by molar-refractivity contribution is -0.128. The van der Waals surface area contributed by atoms with Gasteiger partial charge in [0.2, 0.25) is 11.8 Å². The van der Waals surface area contributed by atoms with Crippen LogP contribution in [0.25, 0.3) is 0 Å². The van der Waals surface area contributed by atoms with Crippen molar-refractivity contribution in [2.75, 3.05) is 33.2 Å². The average Bonchev–Trinajstić information content (AvgIpc) is 2.50. The van der Waals surface area contributed by atoms with E-state index < -0.39 is 5.41 Å². The Labute approximate surface area is 139 Å². The quantitative estimate of drug-likeness (QED) is 0.483. The van der Waals surface area contributed by atoms with Gasteiger partial charge in [-0.05, 0) is 39.5 Å². The van der Waals surface area contributed by atoms with Crippen molar-refractivity contribution in [3.63, 3.8) is 0 Å². The normalized spacial score (nSPS) is 19.4. The van der Waals surface area contributed by atoms with Crippen molar-refractivity contribution in [3.8, 4) is 0 Å². The summed E-state index contributed by atoms with van der Waals surface area (Å²) in [6.07, 6.45) is 2.45. The smallest absolute Gasteiger partial charge is 0.227 e. The molecule has 1 aliphatic heterocycles. The highest BCUT2D eigenvalue weighted by atomic mass is 16.2. The van der Waals surface area contributed by atoms with Crippen molar-refractivity contribution in [2.45, 2.75) is 40.0 Å². The number of guanidine groups is 1. The first-order valence-corrected chi connectivity index (χ1v) is 8.34. The standard InChI is InChI=1S/C16H31N5O2/c1-5-19-15(20-11-16(2,3)14(23)18-4)21-8-6-7-12(10-21)9-13(17)22/h12H,5-11H2,1-4H3,(H2,17,22)(H,18,23)(H,19,20). The number of hydrogen-bond donors (Lipinski definition) is 3. The molecule has 1 saturated heterocycles. The molecule has 7 nitrogen and oxygen atoms in total. The van der Waals surface area contributed by atoms with Crippen LogP contribution in [0.1, 0.15) is 40.0 Å². The Morgan fingerprint density at radius 2 is 2.09 bits per heavy atom. The first-order valence-electron chi connectivity index (χ1n) is 8.34. The highest BCUT2D eigenvalue weighted by molar-refractivity contribution is 5.83. The van der Waals surface area contributed by atoms with Crippen LogP contribution in [0.4, 0.5) is 0 Å². The third-order valence-electron chi connectivity index (χ3n) is 4.11. The second-order valence-electron chi connectivity index (χ2n) is 6.76. The second kappa shape index (κ2) is 8.74. The summed E-state index contributed by atoms with van der Waals surface area (Å²) in [5.74, 6) is 0.803. The summed E-state index contributed by atoms with van der Waals surface area (Å²) in [6, 6.07) is 0. The third-order valence-corrected chi connectivity index (χ3v) is 4.11. The molecule has 0 aromatic carbocycles. The van der Waals surface area contributed by atoms with Gasteiger partial charge in [-0.25, -0.2) is 0 Å². The highest BCUT2D eigenvalue weighted by Gasteiger charge is 2.28. The number of primary amides is 1. The molecule has 1 aliphatic rings. The van der Waals surface area contributed by atoms with Gasteiger partial charge in [-0.15, -0.1) is 0 Å². The molecule has 0 aliphatic carbocycles. The Morgan fingerprint density at radius 3 is 2.65 bits per heavy atom. The summed E-state index contributed by atoms with van der Waals surface area (Å²) < 4.78 is 0. The molecule has 1 unspecified atom stereocenters. The largest absolute Gasteiger partial charge is 0.370 e. The Kier molecular flexibility index (Phi) is 7.32. The van der Waals surface area contributed by atoms with Gasteiger partial charge >= 0.3 is 0 Å². The van der Waals surface area contributed by atoms with E-state index in [9.17, 15) is 9.59 Å². The van der Waals surface area contributed by atoms with Crippen LogP contribution in [0.3, 0.4) is 0 Å². The average molecular weight is 325 g/mol. The van der Waals surface area contributed by atoms with Crippen molar-refractivity contribution in [1.29, 1.82) is 0 Å². The van der Waals surface area contributed by atoms with Crippen molar-refractivity contribution >= 4 is 17.8 Å². The number of nitrogens with one attached hydrogen (secondary N) is 2. The summed E-state index contributed by atoms with van der Waals surface area (Å²) in [7, 11) is 1.64. The number of carbonyl (C=O) groups excluding carboxylic acids is 2. The summed E-state index contributed by atoms with van der Waals surface area (Å²) >= 11 is 0. The molecule has 4 N–H and O–H groups in total. The molecule has 0 bridgehead atoms. The summed E-state index contributed by atoms with van der Waals surface area (Å²) in [4.78, 5) is 29.8. The van der Waals surface area contributed by atoms with E-state index in [1.165, 1.54) is 0 Å². The molecular weight excluding hydrogens is 294 g/mol. The number of hydrogen-bond acceptors (Lipinski definition) is 3. The number of rotatable bonds is 6. The number of aliphatic imine (C=N–C) groups is 1. The minimum absolute atomic E-state index is 0.0256. The lowest BCUT2D eigenvalue weighted by atomic mass is 9.92. The first kappa shape index (κ1) is 19.3. The monoisotopic (exact) mass is 325 g/mol. The van der Waals surface area contributed by atoms with Crippen LogP contribution in [0.2, 0.25) is 0 Å². The predicted octanol–water partition coefficient (Wildman–Crippen LogP) is 0.312. The van der Waals surface area contributed by atoms with E-state index in [1.807, 2.05) is 20.8 Å². The zero-order chi connectivity index (χ0) is 17.5. The molecule has 1 atom stereocenters. The van der Waals surface area contributed by atoms with Crippen LogP contribution < -0.4 is 16.4 Å². The van der Waals surface area contributed by atoms with Crippen LogP contribution in [0, 0.1) is 11.3 Å². The van der Waals surface area contributed by atoms with Crippen LogP contribution in [0.15, 0.2) is 4.99 Å². The van der Waals surface area contributed by atoms with Crippen molar-refractivity contribution < 1.29 is 9.59 Å². The van der Waals surface area contributed by atoms with Gasteiger partial charge in [0.15, 0.2) is 5.96 Å². The van der Waals surface area contributed by atoms with E-state index in [1.54, 1.807) is 7.05 Å². The van der Waals surface area contributed by atoms with E-state index in [-0.39, 0.29) is 17.7 Å². The second-order valence-corrected chi connectivity index (χ2v) is 6.76. The lowest BCUT2D eigenvalue weighted by Gasteiger charge is -2.35. The Balaban J connectivity index is 2.78. The fourth-order valence-corrected chi connectivity index (χ4v) is 2.82. The maximum atomic E-state index is 11.9. The SMILES string of the molecule is CCNC(=NCC(C)(C)C(=O)NC)N1CCCC(CC(N)=O)C1. The van der Waals surface area contributed by atoms with Crippen molar-refractivity contribution in [2.24, 2.45) is 22.1 Å². The van der Waals surface area contributed by atoms with Gasteiger partial charge in [0.1, 0.15) is 0 Å². The van der Waals surface area contributed by atoms with Gasteiger partial charge < -0.3 is 21.3 Å². The van der Waals surface area contributed by atoms with Gasteiger partial charge in [-0.2, -0.15) is 0 Å². The summed E-state index contributed by atoms with van der Waals surface area (Å²) in [6.45, 7) is 8.62. The van der Waals surface area contributed by atoms with Gasteiger partial charge in [-0.3, -0.25) is 14.6 Å². The third kappa shape index (κ3) is 6.08. The number of piperidine rings is 1. The highest BCUT2D eigenvalue weighted by Crippen LogP contribution is 2.20. The summed E-state index contributed by atoms with van der Waals surface area (Å²) in [5.41, 5.74) is 4.76. The zero-order valence-electron chi connectivity index (χ0n) is 14.8. The Hall–Kier alpha value is -1.79. The van der Waals surface area contributed by atoms with E-state index >= 15 is 0 Å². The molecule has 7 heteroatoms. The first-order chi connectivity index (χ1) is 10.8.